The van der Waals surface area contributed by atoms with Crippen molar-refractivity contribution in [1.82, 2.24) is 19.8 Å². The summed E-state index contributed by atoms with van der Waals surface area (Å²) in [6, 6.07) is 8.63. The zero-order valence-electron chi connectivity index (χ0n) is 14.7. The predicted octanol–water partition coefficient (Wildman–Crippen LogP) is 4.12. The Morgan fingerprint density at radius 2 is 1.77 bits per heavy atom. The van der Waals surface area contributed by atoms with Crippen LogP contribution in [0.2, 0.25) is 0 Å². The maximum atomic E-state index is 13.2. The Morgan fingerprint density at radius 3 is 2.50 bits per heavy atom. The van der Waals surface area contributed by atoms with E-state index >= 15 is 0 Å². The lowest BCUT2D eigenvalue weighted by Gasteiger charge is -2.33. The van der Waals surface area contributed by atoms with Crippen LogP contribution in [0.15, 0.2) is 45.6 Å². The van der Waals surface area contributed by atoms with E-state index in [9.17, 15) is 4.39 Å². The Bertz CT molecular complexity index is 873. The molecule has 2 aromatic heterocycles. The molecule has 1 fully saturated rings. The number of nitrogens with zero attached hydrogens (tertiary/aromatic N) is 4. The van der Waals surface area contributed by atoms with Gasteiger partial charge in [0.1, 0.15) is 21.5 Å². The molecule has 7 heteroatoms. The summed E-state index contributed by atoms with van der Waals surface area (Å²) in [5.74, 6) is 0.652. The van der Waals surface area contributed by atoms with Gasteiger partial charge in [-0.25, -0.2) is 14.4 Å². The molecule has 0 radical (unpaired) electrons. The normalized spacial score (nSPS) is 16.4. The van der Waals surface area contributed by atoms with E-state index in [1.807, 2.05) is 0 Å². The van der Waals surface area contributed by atoms with Gasteiger partial charge in [-0.1, -0.05) is 18.7 Å². The number of likely N-dealkylation sites (N-methyl/N-ethyl adjacent to an activating group) is 1. The molecule has 3 heterocycles. The summed E-state index contributed by atoms with van der Waals surface area (Å²) >= 11 is 3.22. The van der Waals surface area contributed by atoms with E-state index < -0.39 is 0 Å². The van der Waals surface area contributed by atoms with Crippen LogP contribution in [0.3, 0.4) is 0 Å². The first-order chi connectivity index (χ1) is 12.7. The fourth-order valence-corrected chi connectivity index (χ4v) is 4.87. The number of benzene rings is 1. The van der Waals surface area contributed by atoms with Gasteiger partial charge >= 0.3 is 0 Å². The summed E-state index contributed by atoms with van der Waals surface area (Å²) < 4.78 is 13.2. The van der Waals surface area contributed by atoms with Crippen molar-refractivity contribution in [3.8, 4) is 0 Å². The second kappa shape index (κ2) is 8.00. The second-order valence-corrected chi connectivity index (χ2v) is 8.31. The van der Waals surface area contributed by atoms with E-state index in [2.05, 4.69) is 28.2 Å². The number of aromatic nitrogens is 2. The standard InChI is InChI=1S/C19H21FN4S2/c1-2-23-8-10-24(11-9-23)13-17-21-18-16(7-12-25-18)19(22-17)26-15-5-3-14(20)4-6-15/h3-7,12H,2,8-11,13H2,1H3. The molecule has 0 N–H and O–H groups in total. The zero-order valence-corrected chi connectivity index (χ0v) is 16.3. The SMILES string of the molecule is CCN1CCN(Cc2nc(Sc3ccc(F)cc3)c3ccsc3n2)CC1. The Balaban J connectivity index is 1.55. The molecular formula is C19H21FN4S2. The molecule has 4 rings (SSSR count). The van der Waals surface area contributed by atoms with Crippen LogP contribution in [0.4, 0.5) is 4.39 Å². The molecule has 136 valence electrons. The number of hydrogen-bond donors (Lipinski definition) is 0. The lowest BCUT2D eigenvalue weighted by molar-refractivity contribution is 0.129. The number of halogens is 1. The molecule has 0 saturated carbocycles. The van der Waals surface area contributed by atoms with Gasteiger partial charge in [-0.05, 0) is 42.3 Å². The molecule has 0 spiro atoms. The summed E-state index contributed by atoms with van der Waals surface area (Å²) in [5, 5.41) is 4.08. The highest BCUT2D eigenvalue weighted by molar-refractivity contribution is 7.99. The van der Waals surface area contributed by atoms with Crippen LogP contribution in [0.25, 0.3) is 10.2 Å². The molecule has 26 heavy (non-hydrogen) atoms. The van der Waals surface area contributed by atoms with E-state index in [1.54, 1.807) is 35.2 Å². The summed E-state index contributed by atoms with van der Waals surface area (Å²) in [5.41, 5.74) is 0. The molecule has 0 unspecified atom stereocenters. The average molecular weight is 389 g/mol. The van der Waals surface area contributed by atoms with E-state index in [1.165, 1.54) is 12.1 Å². The van der Waals surface area contributed by atoms with Gasteiger partial charge in [-0.15, -0.1) is 11.3 Å². The van der Waals surface area contributed by atoms with Gasteiger partial charge in [0.05, 0.1) is 6.54 Å². The highest BCUT2D eigenvalue weighted by Crippen LogP contribution is 2.33. The summed E-state index contributed by atoms with van der Waals surface area (Å²) in [6.45, 7) is 8.43. The van der Waals surface area contributed by atoms with Gasteiger partial charge < -0.3 is 4.90 Å². The topological polar surface area (TPSA) is 32.3 Å². The Kier molecular flexibility index (Phi) is 5.49. The lowest BCUT2D eigenvalue weighted by atomic mass is 10.3. The third-order valence-corrected chi connectivity index (χ3v) is 6.46. The minimum Gasteiger partial charge on any atom is -0.301 e. The number of rotatable bonds is 5. The molecule has 3 aromatic rings. The summed E-state index contributed by atoms with van der Waals surface area (Å²) in [7, 11) is 0. The fraction of sp³-hybridized carbons (Fsp3) is 0.368. The van der Waals surface area contributed by atoms with Crippen molar-refractivity contribution in [2.24, 2.45) is 0 Å². The van der Waals surface area contributed by atoms with Crippen LogP contribution in [0.1, 0.15) is 12.7 Å². The molecule has 1 aliphatic rings. The van der Waals surface area contributed by atoms with Crippen LogP contribution in [0.5, 0.6) is 0 Å². The molecule has 1 aliphatic heterocycles. The third-order valence-electron chi connectivity index (χ3n) is 4.64. The number of fused-ring (bicyclic) bond motifs is 1. The summed E-state index contributed by atoms with van der Waals surface area (Å²) in [6.07, 6.45) is 0. The van der Waals surface area contributed by atoms with Gasteiger partial charge in [0.2, 0.25) is 0 Å². The molecule has 0 bridgehead atoms. The van der Waals surface area contributed by atoms with Crippen molar-refractivity contribution in [1.29, 1.82) is 0 Å². The Labute approximate surface area is 161 Å². The monoisotopic (exact) mass is 388 g/mol. The Morgan fingerprint density at radius 1 is 1.04 bits per heavy atom. The molecule has 1 aromatic carbocycles. The maximum Gasteiger partial charge on any atom is 0.145 e. The molecule has 0 aliphatic carbocycles. The molecular weight excluding hydrogens is 367 g/mol. The average Bonchev–Trinajstić information content (AvgIpc) is 3.13. The quantitative estimate of drug-likeness (QED) is 0.614. The van der Waals surface area contributed by atoms with Crippen molar-refractivity contribution in [3.63, 3.8) is 0 Å². The van der Waals surface area contributed by atoms with E-state index in [4.69, 9.17) is 9.97 Å². The minimum atomic E-state index is -0.218. The first-order valence-corrected chi connectivity index (χ1v) is 10.5. The largest absolute Gasteiger partial charge is 0.301 e. The van der Waals surface area contributed by atoms with Crippen LogP contribution >= 0.6 is 23.1 Å². The highest BCUT2D eigenvalue weighted by Gasteiger charge is 2.18. The maximum absolute atomic E-state index is 13.2. The minimum absolute atomic E-state index is 0.218. The van der Waals surface area contributed by atoms with Crippen molar-refractivity contribution >= 4 is 33.3 Å². The van der Waals surface area contributed by atoms with Gasteiger partial charge in [0, 0.05) is 36.5 Å². The van der Waals surface area contributed by atoms with Gasteiger partial charge in [-0.2, -0.15) is 0 Å². The van der Waals surface area contributed by atoms with Crippen LogP contribution in [-0.4, -0.2) is 52.5 Å². The smallest absolute Gasteiger partial charge is 0.145 e. The predicted molar refractivity (Wildman–Crippen MR) is 105 cm³/mol. The molecule has 4 nitrogen and oxygen atoms in total. The molecule has 0 atom stereocenters. The van der Waals surface area contributed by atoms with Crippen molar-refractivity contribution in [2.45, 2.75) is 23.4 Å². The first-order valence-electron chi connectivity index (χ1n) is 8.83. The number of hydrogen-bond acceptors (Lipinski definition) is 6. The second-order valence-electron chi connectivity index (χ2n) is 6.35. The third kappa shape index (κ3) is 4.06. The van der Waals surface area contributed by atoms with E-state index in [-0.39, 0.29) is 5.82 Å². The van der Waals surface area contributed by atoms with Crippen molar-refractivity contribution in [2.75, 3.05) is 32.7 Å². The van der Waals surface area contributed by atoms with Crippen molar-refractivity contribution in [3.05, 3.63) is 47.4 Å². The molecule has 1 saturated heterocycles. The van der Waals surface area contributed by atoms with Gasteiger partial charge in [0.25, 0.3) is 0 Å². The highest BCUT2D eigenvalue weighted by atomic mass is 32.2. The number of thiophene rings is 1. The van der Waals surface area contributed by atoms with E-state index in [0.717, 1.165) is 65.2 Å². The van der Waals surface area contributed by atoms with Crippen LogP contribution < -0.4 is 0 Å². The summed E-state index contributed by atoms with van der Waals surface area (Å²) in [4.78, 5) is 16.5. The number of piperazine rings is 1. The fourth-order valence-electron chi connectivity index (χ4n) is 3.10. The lowest BCUT2D eigenvalue weighted by Crippen LogP contribution is -2.45. The van der Waals surface area contributed by atoms with E-state index in [0.29, 0.717) is 0 Å². The van der Waals surface area contributed by atoms with Crippen LogP contribution in [0, 0.1) is 5.82 Å². The van der Waals surface area contributed by atoms with Gasteiger partial charge in [0.15, 0.2) is 0 Å². The molecule has 0 amide bonds. The van der Waals surface area contributed by atoms with Crippen molar-refractivity contribution < 1.29 is 4.39 Å². The zero-order chi connectivity index (χ0) is 17.9. The van der Waals surface area contributed by atoms with Crippen LogP contribution in [-0.2, 0) is 6.54 Å². The first kappa shape index (κ1) is 17.9. The van der Waals surface area contributed by atoms with Gasteiger partial charge in [-0.3, -0.25) is 4.90 Å². The Hall–Kier alpha value is -1.54.